The minimum Gasteiger partial charge on any atom is -0.356 e. The van der Waals surface area contributed by atoms with Crippen LogP contribution in [0.15, 0.2) is 0 Å². The Morgan fingerprint density at radius 1 is 1.58 bits per heavy atom. The van der Waals surface area contributed by atoms with Crippen molar-refractivity contribution in [1.82, 2.24) is 5.32 Å². The molecule has 1 unspecified atom stereocenters. The van der Waals surface area contributed by atoms with Crippen molar-refractivity contribution >= 4 is 17.5 Å². The Hall–Kier alpha value is -0.240. The molecular weight excluding hydrogens is 174 g/mol. The predicted octanol–water partition coefficient (Wildman–Crippen LogP) is 2.31. The third-order valence-electron chi connectivity index (χ3n) is 1.62. The van der Waals surface area contributed by atoms with E-state index in [4.69, 9.17) is 11.6 Å². The molecule has 0 saturated carbocycles. The van der Waals surface area contributed by atoms with Crippen LogP contribution in [0.5, 0.6) is 0 Å². The van der Waals surface area contributed by atoms with E-state index in [1.165, 1.54) is 0 Å². The second-order valence-corrected chi connectivity index (χ2v) is 3.77. The average molecular weight is 192 g/mol. The Bertz CT molecular complexity index is 126. The van der Waals surface area contributed by atoms with Crippen LogP contribution >= 0.6 is 11.6 Å². The molecule has 0 bridgehead atoms. The second kappa shape index (κ2) is 7.41. The summed E-state index contributed by atoms with van der Waals surface area (Å²) in [7, 11) is 0. The zero-order valence-electron chi connectivity index (χ0n) is 7.90. The number of alkyl halides is 1. The van der Waals surface area contributed by atoms with Crippen LogP contribution in [0.1, 0.15) is 39.5 Å². The van der Waals surface area contributed by atoms with E-state index in [1.54, 1.807) is 0 Å². The summed E-state index contributed by atoms with van der Waals surface area (Å²) in [6, 6.07) is 0. The molecule has 0 aromatic rings. The van der Waals surface area contributed by atoms with Gasteiger partial charge in [-0.1, -0.05) is 13.3 Å². The molecule has 0 aliphatic rings. The lowest BCUT2D eigenvalue weighted by Gasteiger charge is -2.05. The maximum Gasteiger partial charge on any atom is 0.219 e. The molecule has 1 atom stereocenters. The maximum atomic E-state index is 11.0. The first-order chi connectivity index (χ1) is 5.66. The van der Waals surface area contributed by atoms with Gasteiger partial charge in [-0.2, -0.15) is 0 Å². The van der Waals surface area contributed by atoms with Gasteiger partial charge >= 0.3 is 0 Å². The third-order valence-corrected chi connectivity index (χ3v) is 1.84. The molecule has 0 aliphatic heterocycles. The van der Waals surface area contributed by atoms with Crippen molar-refractivity contribution in [2.75, 3.05) is 6.54 Å². The van der Waals surface area contributed by atoms with Gasteiger partial charge in [0, 0.05) is 18.3 Å². The summed E-state index contributed by atoms with van der Waals surface area (Å²) < 4.78 is 0. The van der Waals surface area contributed by atoms with E-state index in [9.17, 15) is 4.79 Å². The topological polar surface area (TPSA) is 29.1 Å². The largest absolute Gasteiger partial charge is 0.356 e. The summed E-state index contributed by atoms with van der Waals surface area (Å²) in [4.78, 5) is 11.0. The van der Waals surface area contributed by atoms with Crippen molar-refractivity contribution in [3.63, 3.8) is 0 Å². The molecule has 0 saturated heterocycles. The molecule has 0 radical (unpaired) electrons. The Morgan fingerprint density at radius 3 is 2.75 bits per heavy atom. The number of amides is 1. The van der Waals surface area contributed by atoms with Gasteiger partial charge in [0.1, 0.15) is 0 Å². The molecule has 0 aromatic carbocycles. The highest BCUT2D eigenvalue weighted by molar-refractivity contribution is 6.20. The molecule has 72 valence electrons. The molecule has 1 amide bonds. The molecule has 2 nitrogen and oxygen atoms in total. The van der Waals surface area contributed by atoms with Crippen LogP contribution in [0.2, 0.25) is 0 Å². The highest BCUT2D eigenvalue weighted by Crippen LogP contribution is 1.98. The van der Waals surface area contributed by atoms with Crippen molar-refractivity contribution < 1.29 is 4.79 Å². The fraction of sp³-hybridized carbons (Fsp3) is 0.889. The van der Waals surface area contributed by atoms with E-state index in [0.29, 0.717) is 13.0 Å². The van der Waals surface area contributed by atoms with Gasteiger partial charge in [0.2, 0.25) is 5.91 Å². The Morgan fingerprint density at radius 2 is 2.25 bits per heavy atom. The van der Waals surface area contributed by atoms with E-state index < -0.39 is 0 Å². The van der Waals surface area contributed by atoms with Gasteiger partial charge in [-0.3, -0.25) is 4.79 Å². The van der Waals surface area contributed by atoms with Crippen LogP contribution < -0.4 is 5.32 Å². The number of hydrogen-bond acceptors (Lipinski definition) is 1. The van der Waals surface area contributed by atoms with Crippen LogP contribution in [0.4, 0.5) is 0 Å². The van der Waals surface area contributed by atoms with Gasteiger partial charge in [-0.15, -0.1) is 11.6 Å². The van der Waals surface area contributed by atoms with Crippen LogP contribution in [0, 0.1) is 0 Å². The second-order valence-electron chi connectivity index (χ2n) is 3.02. The summed E-state index contributed by atoms with van der Waals surface area (Å²) in [5.41, 5.74) is 0. The average Bonchev–Trinajstić information content (AvgIpc) is 2.00. The number of halogens is 1. The lowest BCUT2D eigenvalue weighted by molar-refractivity contribution is -0.121. The molecule has 3 heteroatoms. The minimum absolute atomic E-state index is 0.147. The van der Waals surface area contributed by atoms with Crippen LogP contribution in [0.25, 0.3) is 0 Å². The Kier molecular flexibility index (Phi) is 7.26. The Labute approximate surface area is 79.7 Å². The molecule has 0 spiro atoms. The highest BCUT2D eigenvalue weighted by Gasteiger charge is 2.00. The van der Waals surface area contributed by atoms with Crippen molar-refractivity contribution in [1.29, 1.82) is 0 Å². The highest BCUT2D eigenvalue weighted by atomic mass is 35.5. The van der Waals surface area contributed by atoms with Crippen molar-refractivity contribution in [3.8, 4) is 0 Å². The van der Waals surface area contributed by atoms with Gasteiger partial charge in [0.25, 0.3) is 0 Å². The lowest BCUT2D eigenvalue weighted by atomic mass is 10.2. The van der Waals surface area contributed by atoms with E-state index >= 15 is 0 Å². The third kappa shape index (κ3) is 7.86. The molecule has 0 rings (SSSR count). The number of carbonyl (C=O) groups excluding carboxylic acids is 1. The molecular formula is C9H18ClNO. The minimum atomic E-state index is 0.147. The summed E-state index contributed by atoms with van der Waals surface area (Å²) >= 11 is 5.71. The van der Waals surface area contributed by atoms with Crippen molar-refractivity contribution in [3.05, 3.63) is 0 Å². The fourth-order valence-electron chi connectivity index (χ4n) is 0.836. The summed E-state index contributed by atoms with van der Waals surface area (Å²) in [6.45, 7) is 4.71. The van der Waals surface area contributed by atoms with Gasteiger partial charge in [0.15, 0.2) is 0 Å². The predicted molar refractivity (Wildman–Crippen MR) is 52.5 cm³/mol. The van der Waals surface area contributed by atoms with Gasteiger partial charge in [-0.05, 0) is 19.8 Å². The fourth-order valence-corrected chi connectivity index (χ4v) is 0.945. The maximum absolute atomic E-state index is 11.0. The number of rotatable bonds is 6. The first kappa shape index (κ1) is 11.8. The first-order valence-corrected chi connectivity index (χ1v) is 5.01. The van der Waals surface area contributed by atoms with Gasteiger partial charge in [-0.25, -0.2) is 0 Å². The van der Waals surface area contributed by atoms with Crippen LogP contribution in [-0.2, 0) is 4.79 Å². The standard InChI is InChI=1S/C9H18ClNO/c1-3-4-5-9(12)11-7-6-8(2)10/h8H,3-7H2,1-2H3,(H,11,12). The van der Waals surface area contributed by atoms with Crippen molar-refractivity contribution in [2.24, 2.45) is 0 Å². The molecule has 1 N–H and O–H groups in total. The smallest absolute Gasteiger partial charge is 0.219 e. The van der Waals surface area contributed by atoms with Crippen LogP contribution in [0.3, 0.4) is 0 Å². The lowest BCUT2D eigenvalue weighted by Crippen LogP contribution is -2.25. The molecule has 0 heterocycles. The van der Waals surface area contributed by atoms with Gasteiger partial charge in [0.05, 0.1) is 0 Å². The summed E-state index contributed by atoms with van der Waals surface area (Å²) in [6.07, 6.45) is 3.54. The van der Waals surface area contributed by atoms with Crippen LogP contribution in [-0.4, -0.2) is 17.8 Å². The Balaban J connectivity index is 3.20. The van der Waals surface area contributed by atoms with Crippen molar-refractivity contribution in [2.45, 2.75) is 44.9 Å². The molecule has 0 fully saturated rings. The van der Waals surface area contributed by atoms with E-state index in [1.807, 2.05) is 6.92 Å². The number of nitrogens with one attached hydrogen (secondary N) is 1. The summed E-state index contributed by atoms with van der Waals surface area (Å²) in [5.74, 6) is 0.147. The molecule has 0 aliphatic carbocycles. The normalized spacial score (nSPS) is 12.6. The van der Waals surface area contributed by atoms with Gasteiger partial charge < -0.3 is 5.32 Å². The number of carbonyl (C=O) groups is 1. The summed E-state index contributed by atoms with van der Waals surface area (Å²) in [5, 5.41) is 2.97. The SMILES string of the molecule is CCCCC(=O)NCCC(C)Cl. The van der Waals surface area contributed by atoms with E-state index in [-0.39, 0.29) is 11.3 Å². The number of unbranched alkanes of at least 4 members (excludes halogenated alkanes) is 1. The van der Waals surface area contributed by atoms with E-state index in [0.717, 1.165) is 19.3 Å². The molecule has 0 aromatic heterocycles. The zero-order chi connectivity index (χ0) is 9.40. The first-order valence-electron chi connectivity index (χ1n) is 4.57. The van der Waals surface area contributed by atoms with E-state index in [2.05, 4.69) is 12.2 Å². The molecule has 12 heavy (non-hydrogen) atoms. The monoisotopic (exact) mass is 191 g/mol. The number of hydrogen-bond donors (Lipinski definition) is 1. The zero-order valence-corrected chi connectivity index (χ0v) is 8.66. The quantitative estimate of drug-likeness (QED) is 0.642.